The van der Waals surface area contributed by atoms with Crippen LogP contribution in [0, 0.1) is 25.6 Å². The van der Waals surface area contributed by atoms with Crippen molar-refractivity contribution in [3.63, 3.8) is 0 Å². The first-order valence-electron chi connectivity index (χ1n) is 9.46. The Balaban J connectivity index is 1.76. The van der Waals surface area contributed by atoms with Gasteiger partial charge in [-0.25, -0.2) is 4.39 Å². The summed E-state index contributed by atoms with van der Waals surface area (Å²) in [6.07, 6.45) is 8.11. The van der Waals surface area contributed by atoms with Gasteiger partial charge < -0.3 is 0 Å². The van der Waals surface area contributed by atoms with Gasteiger partial charge in [0.25, 0.3) is 0 Å². The van der Waals surface area contributed by atoms with Gasteiger partial charge in [-0.15, -0.1) is 0 Å². The summed E-state index contributed by atoms with van der Waals surface area (Å²) in [6.45, 7) is 6.23. The standard InChI is InChI=1S/C23H29F/c1-4-5-18-7-9-19(10-8-18)20-11-13-21(14-12-20)23-16(2)6-15-22(24)17(23)3/h6,11-15,18-19H,4-5,7-10H2,1-3H3. The monoisotopic (exact) mass is 324 g/mol. The Bertz CT molecular complexity index is 676. The zero-order valence-electron chi connectivity index (χ0n) is 15.2. The summed E-state index contributed by atoms with van der Waals surface area (Å²) in [5, 5.41) is 0. The van der Waals surface area contributed by atoms with E-state index in [1.807, 2.05) is 13.0 Å². The van der Waals surface area contributed by atoms with Crippen molar-refractivity contribution in [3.8, 4) is 11.1 Å². The van der Waals surface area contributed by atoms with Gasteiger partial charge in [0.15, 0.2) is 0 Å². The van der Waals surface area contributed by atoms with Gasteiger partial charge in [-0.1, -0.05) is 50.1 Å². The molecule has 0 bridgehead atoms. The molecule has 0 aliphatic heterocycles. The highest BCUT2D eigenvalue weighted by Crippen LogP contribution is 2.38. The molecule has 3 rings (SSSR count). The van der Waals surface area contributed by atoms with Crippen LogP contribution in [-0.2, 0) is 0 Å². The molecule has 1 fully saturated rings. The van der Waals surface area contributed by atoms with E-state index in [0.29, 0.717) is 5.92 Å². The summed E-state index contributed by atoms with van der Waals surface area (Å²) in [4.78, 5) is 0. The molecule has 0 amide bonds. The second-order valence-electron chi connectivity index (χ2n) is 7.49. The minimum absolute atomic E-state index is 0.117. The van der Waals surface area contributed by atoms with Gasteiger partial charge in [-0.3, -0.25) is 0 Å². The molecule has 0 N–H and O–H groups in total. The van der Waals surface area contributed by atoms with Gasteiger partial charge in [0.1, 0.15) is 5.82 Å². The predicted molar refractivity (Wildman–Crippen MR) is 101 cm³/mol. The highest BCUT2D eigenvalue weighted by atomic mass is 19.1. The smallest absolute Gasteiger partial charge is 0.126 e. The van der Waals surface area contributed by atoms with Crippen LogP contribution < -0.4 is 0 Å². The predicted octanol–water partition coefficient (Wildman–Crippen LogP) is 7.18. The van der Waals surface area contributed by atoms with Crippen molar-refractivity contribution in [2.24, 2.45) is 5.92 Å². The van der Waals surface area contributed by atoms with Gasteiger partial charge in [-0.05, 0) is 85.3 Å². The first-order valence-corrected chi connectivity index (χ1v) is 9.46. The van der Waals surface area contributed by atoms with E-state index in [1.54, 1.807) is 6.07 Å². The molecule has 1 saturated carbocycles. The van der Waals surface area contributed by atoms with Gasteiger partial charge in [0.2, 0.25) is 0 Å². The highest BCUT2D eigenvalue weighted by Gasteiger charge is 2.21. The van der Waals surface area contributed by atoms with Crippen LogP contribution >= 0.6 is 0 Å². The normalized spacial score (nSPS) is 21.0. The SMILES string of the molecule is CCCC1CCC(c2ccc(-c3c(C)ccc(F)c3C)cc2)CC1. The van der Waals surface area contributed by atoms with Crippen molar-refractivity contribution in [2.45, 2.75) is 65.2 Å². The van der Waals surface area contributed by atoms with E-state index < -0.39 is 0 Å². The zero-order chi connectivity index (χ0) is 17.1. The third-order valence-corrected chi connectivity index (χ3v) is 5.82. The maximum Gasteiger partial charge on any atom is 0.126 e. The Labute approximate surface area is 146 Å². The molecule has 1 aliphatic carbocycles. The van der Waals surface area contributed by atoms with Crippen LogP contribution in [0.15, 0.2) is 36.4 Å². The minimum atomic E-state index is -0.117. The maximum absolute atomic E-state index is 13.9. The largest absolute Gasteiger partial charge is 0.207 e. The maximum atomic E-state index is 13.9. The fourth-order valence-electron chi connectivity index (χ4n) is 4.38. The summed E-state index contributed by atoms with van der Waals surface area (Å²) >= 11 is 0. The van der Waals surface area contributed by atoms with Gasteiger partial charge >= 0.3 is 0 Å². The topological polar surface area (TPSA) is 0 Å². The average molecular weight is 324 g/mol. The molecule has 0 radical (unpaired) electrons. The van der Waals surface area contributed by atoms with Crippen molar-refractivity contribution in [3.05, 3.63) is 58.9 Å². The minimum Gasteiger partial charge on any atom is -0.207 e. The van der Waals surface area contributed by atoms with E-state index >= 15 is 0 Å². The number of benzene rings is 2. The van der Waals surface area contributed by atoms with Crippen LogP contribution in [0.3, 0.4) is 0 Å². The molecule has 0 heterocycles. The zero-order valence-corrected chi connectivity index (χ0v) is 15.2. The first-order chi connectivity index (χ1) is 11.6. The molecule has 0 atom stereocenters. The van der Waals surface area contributed by atoms with Crippen molar-refractivity contribution >= 4 is 0 Å². The van der Waals surface area contributed by atoms with Crippen LogP contribution in [0.5, 0.6) is 0 Å². The molecule has 24 heavy (non-hydrogen) atoms. The molecule has 0 saturated heterocycles. The molecule has 2 aromatic carbocycles. The average Bonchev–Trinajstić information content (AvgIpc) is 2.60. The second-order valence-corrected chi connectivity index (χ2v) is 7.49. The van der Waals surface area contributed by atoms with E-state index in [1.165, 1.54) is 44.1 Å². The third kappa shape index (κ3) is 3.55. The van der Waals surface area contributed by atoms with Crippen LogP contribution in [-0.4, -0.2) is 0 Å². The number of halogens is 1. The summed E-state index contributed by atoms with van der Waals surface area (Å²) < 4.78 is 13.9. The number of hydrogen-bond acceptors (Lipinski definition) is 0. The van der Waals surface area contributed by atoms with Crippen molar-refractivity contribution in [1.82, 2.24) is 0 Å². The van der Waals surface area contributed by atoms with Gasteiger partial charge in [0.05, 0.1) is 0 Å². The molecule has 0 nitrogen and oxygen atoms in total. The molecule has 1 heteroatoms. The Kier molecular flexibility index (Phi) is 5.38. The Morgan fingerprint density at radius 1 is 0.917 bits per heavy atom. The Morgan fingerprint density at radius 2 is 1.58 bits per heavy atom. The van der Waals surface area contributed by atoms with E-state index in [0.717, 1.165) is 28.2 Å². The molecular weight excluding hydrogens is 295 g/mol. The van der Waals surface area contributed by atoms with Crippen LogP contribution in [0.4, 0.5) is 4.39 Å². The van der Waals surface area contributed by atoms with Gasteiger partial charge in [-0.2, -0.15) is 0 Å². The fourth-order valence-corrected chi connectivity index (χ4v) is 4.38. The lowest BCUT2D eigenvalue weighted by molar-refractivity contribution is 0.308. The molecular formula is C23H29F. The van der Waals surface area contributed by atoms with E-state index in [4.69, 9.17) is 0 Å². The molecule has 128 valence electrons. The number of hydrogen-bond donors (Lipinski definition) is 0. The molecule has 0 unspecified atom stereocenters. The number of rotatable bonds is 4. The molecule has 0 spiro atoms. The second kappa shape index (κ2) is 7.51. The quantitative estimate of drug-likeness (QED) is 0.558. The van der Waals surface area contributed by atoms with Crippen LogP contribution in [0.2, 0.25) is 0 Å². The fraction of sp³-hybridized carbons (Fsp3) is 0.478. The molecule has 1 aliphatic rings. The first kappa shape index (κ1) is 17.2. The van der Waals surface area contributed by atoms with E-state index in [2.05, 4.69) is 38.1 Å². The Morgan fingerprint density at radius 3 is 2.21 bits per heavy atom. The summed E-state index contributed by atoms with van der Waals surface area (Å²) in [5.74, 6) is 1.54. The van der Waals surface area contributed by atoms with E-state index in [-0.39, 0.29) is 5.82 Å². The van der Waals surface area contributed by atoms with Gasteiger partial charge in [0, 0.05) is 0 Å². The number of aryl methyl sites for hydroxylation is 1. The van der Waals surface area contributed by atoms with E-state index in [9.17, 15) is 4.39 Å². The molecule has 0 aromatic heterocycles. The lowest BCUT2D eigenvalue weighted by atomic mass is 9.77. The molecule has 2 aromatic rings. The summed E-state index contributed by atoms with van der Waals surface area (Å²) in [5.41, 5.74) is 5.53. The summed E-state index contributed by atoms with van der Waals surface area (Å²) in [7, 11) is 0. The van der Waals surface area contributed by atoms with Crippen molar-refractivity contribution in [2.75, 3.05) is 0 Å². The van der Waals surface area contributed by atoms with Crippen molar-refractivity contribution < 1.29 is 4.39 Å². The lowest BCUT2D eigenvalue weighted by Crippen LogP contribution is -2.13. The van der Waals surface area contributed by atoms with Crippen molar-refractivity contribution in [1.29, 1.82) is 0 Å². The van der Waals surface area contributed by atoms with Crippen LogP contribution in [0.1, 0.15) is 68.1 Å². The Hall–Kier alpha value is -1.63. The third-order valence-electron chi connectivity index (χ3n) is 5.82. The van der Waals surface area contributed by atoms with Crippen LogP contribution in [0.25, 0.3) is 11.1 Å². The lowest BCUT2D eigenvalue weighted by Gasteiger charge is -2.28. The summed E-state index contributed by atoms with van der Waals surface area (Å²) in [6, 6.07) is 12.3. The highest BCUT2D eigenvalue weighted by molar-refractivity contribution is 5.71.